The van der Waals surface area contributed by atoms with Crippen LogP contribution in [-0.4, -0.2) is 18.2 Å². The second-order valence-electron chi connectivity index (χ2n) is 8.00. The van der Waals surface area contributed by atoms with Crippen molar-refractivity contribution in [2.75, 3.05) is 0 Å². The molecule has 1 fully saturated rings. The van der Waals surface area contributed by atoms with Gasteiger partial charge in [0.05, 0.1) is 6.21 Å². The number of hydrogen-bond acceptors (Lipinski definition) is 4. The van der Waals surface area contributed by atoms with Gasteiger partial charge in [-0.1, -0.05) is 74.5 Å². The second-order valence-corrected chi connectivity index (χ2v) is 8.00. The normalized spacial score (nSPS) is 19.8. The Labute approximate surface area is 173 Å². The number of carbonyl (C=O) groups is 1. The molecule has 152 valence electrons. The van der Waals surface area contributed by atoms with E-state index in [2.05, 4.69) is 59.5 Å². The number of hydrazine groups is 1. The second kappa shape index (κ2) is 10.1. The van der Waals surface area contributed by atoms with Crippen LogP contribution in [0.2, 0.25) is 0 Å². The van der Waals surface area contributed by atoms with Crippen molar-refractivity contribution >= 4 is 18.2 Å². The number of hydrogen-bond donors (Lipinski definition) is 3. The van der Waals surface area contributed by atoms with Crippen LogP contribution in [0.5, 0.6) is 0 Å². The summed E-state index contributed by atoms with van der Waals surface area (Å²) in [6.07, 6.45) is 5.45. The van der Waals surface area contributed by atoms with Crippen LogP contribution in [-0.2, 0) is 11.2 Å². The number of hydrazone groups is 1. The molecule has 2 aromatic carbocycles. The van der Waals surface area contributed by atoms with E-state index in [1.54, 1.807) is 6.21 Å². The molecule has 2 aromatic rings. The van der Waals surface area contributed by atoms with Gasteiger partial charge in [-0.3, -0.25) is 4.79 Å². The predicted octanol–water partition coefficient (Wildman–Crippen LogP) is 4.00. The van der Waals surface area contributed by atoms with Crippen molar-refractivity contribution in [1.29, 1.82) is 0 Å². The minimum absolute atomic E-state index is 0.113. The summed E-state index contributed by atoms with van der Waals surface area (Å²) in [5.74, 6) is 0.507. The number of allylic oxidation sites excluding steroid dienone is 1. The fourth-order valence-electron chi connectivity index (χ4n) is 3.43. The number of benzene rings is 2. The summed E-state index contributed by atoms with van der Waals surface area (Å²) in [7, 11) is 0. The van der Waals surface area contributed by atoms with E-state index in [9.17, 15) is 4.79 Å². The maximum atomic E-state index is 12.4. The Morgan fingerprint density at radius 3 is 2.55 bits per heavy atom. The fourth-order valence-corrected chi connectivity index (χ4v) is 3.43. The molecule has 0 radical (unpaired) electrons. The van der Waals surface area contributed by atoms with Crippen molar-refractivity contribution in [2.24, 2.45) is 11.0 Å². The Hall–Kier alpha value is -2.76. The molecule has 5 heteroatoms. The standard InChI is InChI=1S/C24H30N4O/c1-17(2)13-20-9-11-21(12-10-20)22-15-23(27-26-22)24(29)28-25-16-18(3)14-19-7-5-4-6-8-19/h4-12,14,16-17,22-23,26-27H,13,15H2,1-3H3,(H,28,29)/b18-14+,25-16+. The maximum absolute atomic E-state index is 12.4. The lowest BCUT2D eigenvalue weighted by atomic mass is 9.97. The van der Waals surface area contributed by atoms with Crippen molar-refractivity contribution < 1.29 is 4.79 Å². The molecule has 5 nitrogen and oxygen atoms in total. The van der Waals surface area contributed by atoms with E-state index in [0.717, 1.165) is 17.6 Å². The number of rotatable bonds is 7. The van der Waals surface area contributed by atoms with Gasteiger partial charge in [-0.05, 0) is 47.9 Å². The molecule has 0 spiro atoms. The Kier molecular flexibility index (Phi) is 7.33. The molecular weight excluding hydrogens is 360 g/mol. The minimum atomic E-state index is -0.314. The Bertz CT molecular complexity index is 856. The lowest BCUT2D eigenvalue weighted by Gasteiger charge is -2.11. The number of nitrogens with zero attached hydrogens (tertiary/aromatic N) is 1. The predicted molar refractivity (Wildman–Crippen MR) is 119 cm³/mol. The van der Waals surface area contributed by atoms with Gasteiger partial charge in [0.15, 0.2) is 0 Å². The first-order valence-corrected chi connectivity index (χ1v) is 10.2. The molecule has 1 amide bonds. The number of carbonyl (C=O) groups excluding carboxylic acids is 1. The molecule has 2 atom stereocenters. The molecule has 0 bridgehead atoms. The highest BCUT2D eigenvalue weighted by molar-refractivity contribution is 5.87. The maximum Gasteiger partial charge on any atom is 0.258 e. The third-order valence-electron chi connectivity index (χ3n) is 4.88. The molecular formula is C24H30N4O. The van der Waals surface area contributed by atoms with Crippen LogP contribution in [0.4, 0.5) is 0 Å². The van der Waals surface area contributed by atoms with Gasteiger partial charge in [-0.25, -0.2) is 16.3 Å². The lowest BCUT2D eigenvalue weighted by molar-refractivity contribution is -0.122. The summed E-state index contributed by atoms with van der Waals surface area (Å²) < 4.78 is 0. The fraction of sp³-hybridized carbons (Fsp3) is 0.333. The van der Waals surface area contributed by atoms with E-state index in [-0.39, 0.29) is 18.0 Å². The van der Waals surface area contributed by atoms with E-state index in [0.29, 0.717) is 12.3 Å². The van der Waals surface area contributed by atoms with Crippen molar-refractivity contribution in [3.63, 3.8) is 0 Å². The minimum Gasteiger partial charge on any atom is -0.271 e. The van der Waals surface area contributed by atoms with Crippen LogP contribution in [0.3, 0.4) is 0 Å². The SMILES string of the molecule is CC(/C=N/NC(=O)C1CC(c2ccc(CC(C)C)cc2)NN1)=C\c1ccccc1. The first-order chi connectivity index (χ1) is 14.0. The molecule has 1 heterocycles. The number of amides is 1. The van der Waals surface area contributed by atoms with E-state index in [4.69, 9.17) is 0 Å². The van der Waals surface area contributed by atoms with Crippen molar-refractivity contribution in [2.45, 2.75) is 45.7 Å². The first kappa shape index (κ1) is 21.0. The topological polar surface area (TPSA) is 65.5 Å². The van der Waals surface area contributed by atoms with Gasteiger partial charge in [-0.2, -0.15) is 5.10 Å². The highest BCUT2D eigenvalue weighted by Gasteiger charge is 2.29. The monoisotopic (exact) mass is 390 g/mol. The summed E-state index contributed by atoms with van der Waals surface area (Å²) in [6.45, 7) is 6.40. The number of nitrogens with one attached hydrogen (secondary N) is 3. The van der Waals surface area contributed by atoms with Gasteiger partial charge in [0, 0.05) is 6.04 Å². The summed E-state index contributed by atoms with van der Waals surface area (Å²) >= 11 is 0. The van der Waals surface area contributed by atoms with Crippen LogP contribution >= 0.6 is 0 Å². The molecule has 1 aliphatic rings. The van der Waals surface area contributed by atoms with Crippen LogP contribution in [0.1, 0.15) is 49.9 Å². The van der Waals surface area contributed by atoms with Crippen molar-refractivity contribution in [1.82, 2.24) is 16.3 Å². The van der Waals surface area contributed by atoms with E-state index in [1.165, 1.54) is 11.1 Å². The summed E-state index contributed by atoms with van der Waals surface area (Å²) in [4.78, 5) is 12.4. The summed E-state index contributed by atoms with van der Waals surface area (Å²) in [6, 6.07) is 18.5. The highest BCUT2D eigenvalue weighted by Crippen LogP contribution is 2.23. The van der Waals surface area contributed by atoms with Crippen LogP contribution < -0.4 is 16.3 Å². The molecule has 3 rings (SSSR count). The summed E-state index contributed by atoms with van der Waals surface area (Å²) in [5.41, 5.74) is 13.5. The first-order valence-electron chi connectivity index (χ1n) is 10.2. The van der Waals surface area contributed by atoms with E-state index in [1.807, 2.05) is 43.3 Å². The van der Waals surface area contributed by atoms with Crippen LogP contribution in [0.15, 0.2) is 65.3 Å². The van der Waals surface area contributed by atoms with E-state index < -0.39 is 0 Å². The van der Waals surface area contributed by atoms with Gasteiger partial charge in [0.2, 0.25) is 0 Å². The molecule has 29 heavy (non-hydrogen) atoms. The molecule has 1 saturated heterocycles. The highest BCUT2D eigenvalue weighted by atomic mass is 16.2. The molecule has 0 aromatic heterocycles. The van der Waals surface area contributed by atoms with Gasteiger partial charge in [0.25, 0.3) is 5.91 Å². The average molecular weight is 391 g/mol. The molecule has 0 saturated carbocycles. The summed E-state index contributed by atoms with van der Waals surface area (Å²) in [5, 5.41) is 4.09. The Balaban J connectivity index is 1.49. The largest absolute Gasteiger partial charge is 0.271 e. The molecule has 1 aliphatic heterocycles. The molecule has 0 aliphatic carbocycles. The average Bonchev–Trinajstić information content (AvgIpc) is 3.19. The lowest BCUT2D eigenvalue weighted by Crippen LogP contribution is -2.41. The van der Waals surface area contributed by atoms with E-state index >= 15 is 0 Å². The van der Waals surface area contributed by atoms with Crippen LogP contribution in [0, 0.1) is 5.92 Å². The Morgan fingerprint density at radius 2 is 1.86 bits per heavy atom. The van der Waals surface area contributed by atoms with Crippen LogP contribution in [0.25, 0.3) is 6.08 Å². The van der Waals surface area contributed by atoms with Gasteiger partial charge >= 0.3 is 0 Å². The third kappa shape index (κ3) is 6.38. The zero-order valence-corrected chi connectivity index (χ0v) is 17.4. The smallest absolute Gasteiger partial charge is 0.258 e. The molecule has 3 N–H and O–H groups in total. The zero-order valence-electron chi connectivity index (χ0n) is 17.4. The van der Waals surface area contributed by atoms with Crippen molar-refractivity contribution in [3.05, 3.63) is 76.9 Å². The van der Waals surface area contributed by atoms with Gasteiger partial charge in [0.1, 0.15) is 6.04 Å². The zero-order chi connectivity index (χ0) is 20.6. The Morgan fingerprint density at radius 1 is 1.14 bits per heavy atom. The van der Waals surface area contributed by atoms with Gasteiger partial charge < -0.3 is 0 Å². The third-order valence-corrected chi connectivity index (χ3v) is 4.88. The van der Waals surface area contributed by atoms with Gasteiger partial charge in [-0.15, -0.1) is 0 Å². The van der Waals surface area contributed by atoms with Crippen molar-refractivity contribution in [3.8, 4) is 0 Å². The quantitative estimate of drug-likeness (QED) is 0.495. The molecule has 2 unspecified atom stereocenters.